The number of hydrazone groups is 1. The van der Waals surface area contributed by atoms with Crippen LogP contribution < -0.4 is 20.5 Å². The highest BCUT2D eigenvalue weighted by atomic mass is 16.5. The summed E-state index contributed by atoms with van der Waals surface area (Å²) in [5.41, 5.74) is 3.73. The molecule has 0 aliphatic rings. The van der Waals surface area contributed by atoms with E-state index < -0.39 is 5.91 Å². The number of rotatable bonds is 8. The number of ether oxygens (including phenoxy) is 2. The smallest absolute Gasteiger partial charge is 0.276 e. The van der Waals surface area contributed by atoms with E-state index in [1.807, 2.05) is 37.3 Å². The number of carbonyl (C=O) groups is 1. The van der Waals surface area contributed by atoms with Gasteiger partial charge >= 0.3 is 0 Å². The zero-order valence-corrected chi connectivity index (χ0v) is 16.9. The van der Waals surface area contributed by atoms with Gasteiger partial charge in [0.2, 0.25) is 0 Å². The average molecular weight is 405 g/mol. The summed E-state index contributed by atoms with van der Waals surface area (Å²) in [6.45, 7) is 2.80. The van der Waals surface area contributed by atoms with E-state index in [2.05, 4.69) is 10.5 Å². The summed E-state index contributed by atoms with van der Waals surface area (Å²) < 4.78 is 12.3. The number of nitrogens with one attached hydrogen (secondary N) is 1. The van der Waals surface area contributed by atoms with E-state index in [0.29, 0.717) is 30.2 Å². The van der Waals surface area contributed by atoms with Crippen LogP contribution in [0.15, 0.2) is 76.8 Å². The summed E-state index contributed by atoms with van der Waals surface area (Å²) in [6, 6.07) is 18.0. The van der Waals surface area contributed by atoms with E-state index in [1.165, 1.54) is 16.8 Å². The molecule has 0 spiro atoms. The molecule has 1 heterocycles. The van der Waals surface area contributed by atoms with Crippen molar-refractivity contribution < 1.29 is 14.3 Å². The molecule has 3 aromatic rings. The molecule has 0 atom stereocenters. The Hall–Kier alpha value is -3.87. The summed E-state index contributed by atoms with van der Waals surface area (Å²) >= 11 is 0. The second kappa shape index (κ2) is 10.1. The number of pyridine rings is 1. The summed E-state index contributed by atoms with van der Waals surface area (Å²) in [6.07, 6.45) is 3.13. The van der Waals surface area contributed by atoms with Gasteiger partial charge in [0.1, 0.15) is 5.56 Å². The van der Waals surface area contributed by atoms with E-state index in [4.69, 9.17) is 9.47 Å². The lowest BCUT2D eigenvalue weighted by Gasteiger charge is -2.09. The fourth-order valence-corrected chi connectivity index (χ4v) is 2.88. The average Bonchev–Trinajstić information content (AvgIpc) is 2.77. The number of nitrogens with zero attached hydrogens (tertiary/aromatic N) is 2. The quantitative estimate of drug-likeness (QED) is 0.461. The normalized spacial score (nSPS) is 10.7. The van der Waals surface area contributed by atoms with E-state index >= 15 is 0 Å². The van der Waals surface area contributed by atoms with E-state index in [1.54, 1.807) is 37.6 Å². The van der Waals surface area contributed by atoms with Crippen molar-refractivity contribution in [2.24, 2.45) is 5.10 Å². The standard InChI is InChI=1S/C23H23N3O4/c1-3-30-20-12-11-18(14-21(20)29-2)15-24-25-22(27)19-10-7-13-26(23(19)28)16-17-8-5-4-6-9-17/h4-15H,3,16H2,1-2H3,(H,25,27)/b24-15-. The second-order valence-electron chi connectivity index (χ2n) is 6.38. The maximum absolute atomic E-state index is 12.7. The van der Waals surface area contributed by atoms with Gasteiger partial charge in [-0.3, -0.25) is 9.59 Å². The summed E-state index contributed by atoms with van der Waals surface area (Å²) in [5, 5.41) is 3.95. The van der Waals surface area contributed by atoms with Gasteiger partial charge in [-0.05, 0) is 48.4 Å². The van der Waals surface area contributed by atoms with Crippen LogP contribution >= 0.6 is 0 Å². The molecular formula is C23H23N3O4. The number of hydrogen-bond acceptors (Lipinski definition) is 5. The fourth-order valence-electron chi connectivity index (χ4n) is 2.88. The Morgan fingerprint density at radius 1 is 1.10 bits per heavy atom. The molecule has 0 radical (unpaired) electrons. The molecule has 3 rings (SSSR count). The fraction of sp³-hybridized carbons (Fsp3) is 0.174. The van der Waals surface area contributed by atoms with Crippen LogP contribution in [0.5, 0.6) is 11.5 Å². The molecule has 1 aromatic heterocycles. The number of aromatic nitrogens is 1. The molecule has 2 aromatic carbocycles. The maximum Gasteiger partial charge on any atom is 0.276 e. The van der Waals surface area contributed by atoms with Crippen molar-refractivity contribution in [2.45, 2.75) is 13.5 Å². The highest BCUT2D eigenvalue weighted by Gasteiger charge is 2.11. The van der Waals surface area contributed by atoms with Crippen molar-refractivity contribution in [3.63, 3.8) is 0 Å². The Bertz CT molecular complexity index is 1090. The van der Waals surface area contributed by atoms with Crippen molar-refractivity contribution in [1.29, 1.82) is 0 Å². The van der Waals surface area contributed by atoms with Crippen LogP contribution in [0, 0.1) is 0 Å². The SMILES string of the molecule is CCOc1ccc(/C=N\NC(=O)c2cccn(Cc3ccccc3)c2=O)cc1OC. The van der Waals surface area contributed by atoms with Gasteiger partial charge in [0.15, 0.2) is 11.5 Å². The molecule has 0 bridgehead atoms. The largest absolute Gasteiger partial charge is 0.493 e. The first-order chi connectivity index (χ1) is 14.6. The molecule has 1 N–H and O–H groups in total. The van der Waals surface area contributed by atoms with Crippen molar-refractivity contribution in [2.75, 3.05) is 13.7 Å². The van der Waals surface area contributed by atoms with Crippen molar-refractivity contribution in [3.05, 3.63) is 93.9 Å². The van der Waals surface area contributed by atoms with Crippen molar-refractivity contribution in [3.8, 4) is 11.5 Å². The molecule has 1 amide bonds. The zero-order chi connectivity index (χ0) is 21.3. The highest BCUT2D eigenvalue weighted by Crippen LogP contribution is 2.27. The third kappa shape index (κ3) is 5.14. The zero-order valence-electron chi connectivity index (χ0n) is 16.9. The lowest BCUT2D eigenvalue weighted by molar-refractivity contribution is 0.0953. The van der Waals surface area contributed by atoms with Crippen molar-refractivity contribution >= 4 is 12.1 Å². The van der Waals surface area contributed by atoms with Crippen LogP contribution in [0.2, 0.25) is 0 Å². The molecule has 0 unspecified atom stereocenters. The highest BCUT2D eigenvalue weighted by molar-refractivity contribution is 5.94. The first-order valence-electron chi connectivity index (χ1n) is 9.50. The van der Waals surface area contributed by atoms with E-state index in [9.17, 15) is 9.59 Å². The minimum atomic E-state index is -0.573. The minimum Gasteiger partial charge on any atom is -0.493 e. The van der Waals surface area contributed by atoms with Gasteiger partial charge in [-0.15, -0.1) is 0 Å². The Kier molecular flexibility index (Phi) is 7.00. The van der Waals surface area contributed by atoms with Crippen LogP contribution in [0.4, 0.5) is 0 Å². The van der Waals surface area contributed by atoms with Gasteiger partial charge in [-0.1, -0.05) is 30.3 Å². The van der Waals surface area contributed by atoms with Gasteiger partial charge in [0.25, 0.3) is 11.5 Å². The Balaban J connectivity index is 1.71. The molecule has 0 saturated heterocycles. The van der Waals surface area contributed by atoms with Gasteiger partial charge in [-0.2, -0.15) is 5.10 Å². The molecule has 154 valence electrons. The number of carbonyl (C=O) groups excluding carboxylic acids is 1. The first kappa shape index (κ1) is 20.9. The van der Waals surface area contributed by atoms with Crippen LogP contribution in [0.1, 0.15) is 28.4 Å². The predicted molar refractivity (Wildman–Crippen MR) is 115 cm³/mol. The van der Waals surface area contributed by atoms with Crippen LogP contribution in [-0.2, 0) is 6.54 Å². The summed E-state index contributed by atoms with van der Waals surface area (Å²) in [4.78, 5) is 25.1. The molecule has 0 aliphatic carbocycles. The lowest BCUT2D eigenvalue weighted by atomic mass is 10.2. The van der Waals surface area contributed by atoms with Crippen molar-refractivity contribution in [1.82, 2.24) is 9.99 Å². The lowest BCUT2D eigenvalue weighted by Crippen LogP contribution is -2.30. The third-order valence-electron chi connectivity index (χ3n) is 4.33. The number of methoxy groups -OCH3 is 1. The molecular weight excluding hydrogens is 382 g/mol. The van der Waals surface area contributed by atoms with Gasteiger partial charge in [0, 0.05) is 6.20 Å². The van der Waals surface area contributed by atoms with Crippen LogP contribution in [0.25, 0.3) is 0 Å². The van der Waals surface area contributed by atoms with Crippen LogP contribution in [-0.4, -0.2) is 30.4 Å². The molecule has 0 saturated carbocycles. The molecule has 7 heteroatoms. The maximum atomic E-state index is 12.7. The number of hydrogen-bond donors (Lipinski definition) is 1. The third-order valence-corrected chi connectivity index (χ3v) is 4.33. The first-order valence-corrected chi connectivity index (χ1v) is 9.50. The van der Waals surface area contributed by atoms with Gasteiger partial charge in [0.05, 0.1) is 26.5 Å². The van der Waals surface area contributed by atoms with E-state index in [0.717, 1.165) is 5.56 Å². The molecule has 30 heavy (non-hydrogen) atoms. The second-order valence-corrected chi connectivity index (χ2v) is 6.38. The van der Waals surface area contributed by atoms with Gasteiger partial charge < -0.3 is 14.0 Å². The molecule has 7 nitrogen and oxygen atoms in total. The van der Waals surface area contributed by atoms with E-state index in [-0.39, 0.29) is 11.1 Å². The molecule has 0 aliphatic heterocycles. The number of benzene rings is 2. The monoisotopic (exact) mass is 405 g/mol. The van der Waals surface area contributed by atoms with Crippen LogP contribution in [0.3, 0.4) is 0 Å². The Morgan fingerprint density at radius 2 is 1.90 bits per heavy atom. The Labute approximate surface area is 174 Å². The molecule has 0 fully saturated rings. The topological polar surface area (TPSA) is 81.9 Å². The predicted octanol–water partition coefficient (Wildman–Crippen LogP) is 3.07. The summed E-state index contributed by atoms with van der Waals surface area (Å²) in [5.74, 6) is 0.625. The van der Waals surface area contributed by atoms with Gasteiger partial charge in [-0.25, -0.2) is 5.43 Å². The summed E-state index contributed by atoms with van der Waals surface area (Å²) in [7, 11) is 1.55. The Morgan fingerprint density at radius 3 is 2.63 bits per heavy atom. The number of amides is 1. The minimum absolute atomic E-state index is 0.0230.